The highest BCUT2D eigenvalue weighted by Gasteiger charge is 2.40. The summed E-state index contributed by atoms with van der Waals surface area (Å²) in [6.45, 7) is 0. The molecule has 0 radical (unpaired) electrons. The lowest BCUT2D eigenvalue weighted by atomic mass is 9.79. The van der Waals surface area contributed by atoms with E-state index in [-0.39, 0.29) is 5.90 Å². The summed E-state index contributed by atoms with van der Waals surface area (Å²) in [6, 6.07) is 16.7. The molecule has 6 heteroatoms. The molecular formula is C19H11IN2O3. The third kappa shape index (κ3) is 2.51. The highest BCUT2D eigenvalue weighted by Crippen LogP contribution is 2.43. The quantitative estimate of drug-likeness (QED) is 0.455. The second kappa shape index (κ2) is 6.01. The lowest BCUT2D eigenvalue weighted by Gasteiger charge is -2.29. The number of hydrogen-bond donors (Lipinski definition) is 1. The number of nitriles is 1. The first-order valence-corrected chi connectivity index (χ1v) is 8.65. The Hall–Kier alpha value is -2.66. The third-order valence-corrected chi connectivity index (χ3v) is 4.96. The van der Waals surface area contributed by atoms with Gasteiger partial charge in [0.25, 0.3) is 0 Å². The van der Waals surface area contributed by atoms with Crippen molar-refractivity contribution in [3.8, 4) is 11.8 Å². The summed E-state index contributed by atoms with van der Waals surface area (Å²) in [5, 5.41) is 18.4. The van der Waals surface area contributed by atoms with Gasteiger partial charge in [0.05, 0.1) is 17.0 Å². The second-order valence-corrected chi connectivity index (χ2v) is 6.98. The van der Waals surface area contributed by atoms with Crippen LogP contribution in [0, 0.1) is 26.2 Å². The van der Waals surface area contributed by atoms with Crippen LogP contribution < -0.4 is 10.4 Å². The third-order valence-electron chi connectivity index (χ3n) is 4.28. The molecule has 1 aliphatic heterocycles. The molecule has 2 unspecified atom stereocenters. The van der Waals surface area contributed by atoms with Gasteiger partial charge in [-0.25, -0.2) is 4.79 Å². The second-order valence-electron chi connectivity index (χ2n) is 5.73. The van der Waals surface area contributed by atoms with Gasteiger partial charge in [0.15, 0.2) is 5.75 Å². The molecule has 0 spiro atoms. The van der Waals surface area contributed by atoms with Crippen molar-refractivity contribution in [3.63, 3.8) is 0 Å². The van der Waals surface area contributed by atoms with E-state index in [0.717, 1.165) is 9.13 Å². The van der Waals surface area contributed by atoms with E-state index >= 15 is 0 Å². The molecule has 1 aliphatic rings. The van der Waals surface area contributed by atoms with Gasteiger partial charge in [-0.3, -0.25) is 5.41 Å². The summed E-state index contributed by atoms with van der Waals surface area (Å²) in [7, 11) is 0. The predicted molar refractivity (Wildman–Crippen MR) is 101 cm³/mol. The molecule has 1 N–H and O–H groups in total. The van der Waals surface area contributed by atoms with Gasteiger partial charge >= 0.3 is 5.63 Å². The molecule has 2 aromatic carbocycles. The fraction of sp³-hybridized carbons (Fsp3) is 0.105. The van der Waals surface area contributed by atoms with E-state index in [1.807, 2.05) is 30.3 Å². The zero-order valence-electron chi connectivity index (χ0n) is 12.8. The molecule has 5 nitrogen and oxygen atoms in total. The van der Waals surface area contributed by atoms with Gasteiger partial charge in [-0.1, -0.05) is 24.3 Å². The number of nitrogens with zero attached hydrogens (tertiary/aromatic N) is 1. The zero-order valence-corrected chi connectivity index (χ0v) is 15.0. The van der Waals surface area contributed by atoms with E-state index in [0.29, 0.717) is 22.3 Å². The van der Waals surface area contributed by atoms with Crippen molar-refractivity contribution in [1.82, 2.24) is 0 Å². The number of halogens is 1. The number of fused-ring (bicyclic) bond motifs is 3. The zero-order chi connectivity index (χ0) is 17.6. The molecule has 0 aliphatic carbocycles. The van der Waals surface area contributed by atoms with Crippen molar-refractivity contribution < 1.29 is 9.15 Å². The standard InChI is InChI=1S/C19H11IN2O3/c20-11-5-3-4-10(8-11)15-13(9-21)18(22)25-17-12-6-1-2-7-14(12)24-19(23)16(15)17/h1-8,13,15,22H. The van der Waals surface area contributed by atoms with Gasteiger partial charge in [-0.2, -0.15) is 5.26 Å². The Labute approximate surface area is 156 Å². The van der Waals surface area contributed by atoms with Crippen LogP contribution in [-0.2, 0) is 0 Å². The van der Waals surface area contributed by atoms with Crippen molar-refractivity contribution >= 4 is 39.5 Å². The van der Waals surface area contributed by atoms with Gasteiger partial charge < -0.3 is 9.15 Å². The Balaban J connectivity index is 2.08. The predicted octanol–water partition coefficient (Wildman–Crippen LogP) is 4.04. The maximum atomic E-state index is 12.7. The molecule has 0 bridgehead atoms. The van der Waals surface area contributed by atoms with Crippen LogP contribution in [-0.4, -0.2) is 5.90 Å². The Morgan fingerprint density at radius 1 is 1.16 bits per heavy atom. The van der Waals surface area contributed by atoms with E-state index in [1.165, 1.54) is 0 Å². The Bertz CT molecular complexity index is 1110. The SMILES string of the molecule is N#CC1C(=N)Oc2c(c(=O)oc3ccccc23)C1c1cccc(I)c1. The Morgan fingerprint density at radius 3 is 2.72 bits per heavy atom. The molecule has 4 rings (SSSR count). The number of benzene rings is 2. The topological polar surface area (TPSA) is 87.1 Å². The summed E-state index contributed by atoms with van der Waals surface area (Å²) in [6.07, 6.45) is 0. The smallest absolute Gasteiger partial charge is 0.343 e. The number of hydrogen-bond acceptors (Lipinski definition) is 5. The summed E-state index contributed by atoms with van der Waals surface area (Å²) in [5.41, 5.74) is 0.944. The minimum atomic E-state index is -0.880. The lowest BCUT2D eigenvalue weighted by Crippen LogP contribution is -2.34. The molecule has 122 valence electrons. The summed E-state index contributed by atoms with van der Waals surface area (Å²) >= 11 is 2.18. The minimum Gasteiger partial charge on any atom is -0.441 e. The van der Waals surface area contributed by atoms with Gasteiger partial charge in [0, 0.05) is 9.49 Å². The average molecular weight is 442 g/mol. The average Bonchev–Trinajstić information content (AvgIpc) is 2.60. The largest absolute Gasteiger partial charge is 0.441 e. The van der Waals surface area contributed by atoms with E-state index in [1.54, 1.807) is 18.2 Å². The van der Waals surface area contributed by atoms with E-state index in [9.17, 15) is 10.1 Å². The number of nitrogens with one attached hydrogen (secondary N) is 1. The molecular weight excluding hydrogens is 431 g/mol. The molecule has 2 atom stereocenters. The van der Waals surface area contributed by atoms with Crippen molar-refractivity contribution in [2.75, 3.05) is 0 Å². The molecule has 0 saturated heterocycles. The summed E-state index contributed by atoms with van der Waals surface area (Å²) < 4.78 is 12.0. The molecule has 0 saturated carbocycles. The van der Waals surface area contributed by atoms with Crippen LogP contribution in [0.1, 0.15) is 17.0 Å². The van der Waals surface area contributed by atoms with Crippen LogP contribution in [0.25, 0.3) is 11.0 Å². The lowest BCUT2D eigenvalue weighted by molar-refractivity contribution is 0.431. The maximum absolute atomic E-state index is 12.7. The minimum absolute atomic E-state index is 0.158. The highest BCUT2D eigenvalue weighted by atomic mass is 127. The van der Waals surface area contributed by atoms with Crippen molar-refractivity contribution in [2.24, 2.45) is 5.92 Å². The van der Waals surface area contributed by atoms with Crippen molar-refractivity contribution in [3.05, 3.63) is 73.6 Å². The summed E-state index contributed by atoms with van der Waals surface area (Å²) in [4.78, 5) is 12.7. The number of rotatable bonds is 1. The van der Waals surface area contributed by atoms with Gasteiger partial charge in [-0.05, 0) is 52.4 Å². The van der Waals surface area contributed by atoms with Crippen LogP contribution >= 0.6 is 22.6 Å². The van der Waals surface area contributed by atoms with E-state index < -0.39 is 17.5 Å². The van der Waals surface area contributed by atoms with Crippen LogP contribution in [0.15, 0.2) is 57.7 Å². The molecule has 0 amide bonds. The van der Waals surface area contributed by atoms with Crippen LogP contribution in [0.2, 0.25) is 0 Å². The Morgan fingerprint density at radius 2 is 1.96 bits per heavy atom. The van der Waals surface area contributed by atoms with Crippen LogP contribution in [0.5, 0.6) is 5.75 Å². The number of para-hydroxylation sites is 1. The first-order chi connectivity index (χ1) is 12.1. The maximum Gasteiger partial charge on any atom is 0.343 e. The highest BCUT2D eigenvalue weighted by molar-refractivity contribution is 14.1. The molecule has 0 fully saturated rings. The first-order valence-electron chi connectivity index (χ1n) is 7.57. The van der Waals surface area contributed by atoms with Crippen LogP contribution in [0.4, 0.5) is 0 Å². The van der Waals surface area contributed by atoms with Gasteiger partial charge in [0.2, 0.25) is 5.90 Å². The monoisotopic (exact) mass is 442 g/mol. The normalized spacial score (nSPS) is 19.1. The fourth-order valence-electron chi connectivity index (χ4n) is 3.20. The van der Waals surface area contributed by atoms with Gasteiger partial charge in [0.1, 0.15) is 11.5 Å². The molecule has 2 heterocycles. The van der Waals surface area contributed by atoms with Crippen LogP contribution in [0.3, 0.4) is 0 Å². The van der Waals surface area contributed by atoms with Crippen molar-refractivity contribution in [2.45, 2.75) is 5.92 Å². The summed E-state index contributed by atoms with van der Waals surface area (Å²) in [5.74, 6) is -1.33. The van der Waals surface area contributed by atoms with E-state index in [4.69, 9.17) is 14.6 Å². The molecule has 1 aromatic heterocycles. The fourth-order valence-corrected chi connectivity index (χ4v) is 3.77. The van der Waals surface area contributed by atoms with Crippen molar-refractivity contribution in [1.29, 1.82) is 10.7 Å². The Kier molecular flexibility index (Phi) is 3.81. The molecule has 3 aromatic rings. The molecule has 25 heavy (non-hydrogen) atoms. The first kappa shape index (κ1) is 15.8. The number of ether oxygens (including phenoxy) is 1. The van der Waals surface area contributed by atoms with Gasteiger partial charge in [-0.15, -0.1) is 0 Å². The van der Waals surface area contributed by atoms with E-state index in [2.05, 4.69) is 28.7 Å².